The number of benzene rings is 1. The van der Waals surface area contributed by atoms with Crippen LogP contribution in [0.15, 0.2) is 23.1 Å². The number of hydrogen-bond acceptors (Lipinski definition) is 2. The Morgan fingerprint density at radius 2 is 1.94 bits per heavy atom. The fourth-order valence-corrected chi connectivity index (χ4v) is 2.93. The summed E-state index contributed by atoms with van der Waals surface area (Å²) in [5.41, 5.74) is 0. The predicted molar refractivity (Wildman–Crippen MR) is 76.2 cm³/mol. The van der Waals surface area contributed by atoms with Crippen LogP contribution in [-0.4, -0.2) is 20.3 Å². The first-order valence-electron chi connectivity index (χ1n) is 5.41. The van der Waals surface area contributed by atoms with Gasteiger partial charge in [-0.05, 0) is 38.0 Å². The summed E-state index contributed by atoms with van der Waals surface area (Å²) >= 11 is 17.3. The third-order valence-corrected chi connectivity index (χ3v) is 4.69. The van der Waals surface area contributed by atoms with E-state index < -0.39 is 10.0 Å². The van der Waals surface area contributed by atoms with Gasteiger partial charge in [-0.3, -0.25) is 0 Å². The van der Waals surface area contributed by atoms with E-state index in [0.717, 1.165) is 6.42 Å². The van der Waals surface area contributed by atoms with E-state index in [9.17, 15) is 8.42 Å². The van der Waals surface area contributed by atoms with Crippen molar-refractivity contribution in [1.29, 1.82) is 0 Å². The summed E-state index contributed by atoms with van der Waals surface area (Å²) in [6.07, 6.45) is 1.44. The predicted octanol–water partition coefficient (Wildman–Crippen LogP) is 3.68. The normalized spacial score (nSPS) is 13.6. The first-order valence-corrected chi connectivity index (χ1v) is 8.09. The van der Waals surface area contributed by atoms with Crippen LogP contribution < -0.4 is 4.72 Å². The number of halogens is 3. The average Bonchev–Trinajstić information content (AvgIpc) is 2.28. The van der Waals surface area contributed by atoms with Crippen molar-refractivity contribution in [3.8, 4) is 0 Å². The Kier molecular flexibility index (Phi) is 6.21. The molecule has 0 aliphatic rings. The fourth-order valence-electron chi connectivity index (χ4n) is 1.32. The minimum absolute atomic E-state index is 0.0412. The van der Waals surface area contributed by atoms with E-state index in [0.29, 0.717) is 18.0 Å². The maximum absolute atomic E-state index is 11.9. The van der Waals surface area contributed by atoms with Crippen LogP contribution in [0.4, 0.5) is 0 Å². The lowest BCUT2D eigenvalue weighted by Gasteiger charge is -2.08. The highest BCUT2D eigenvalue weighted by Gasteiger charge is 2.14. The molecule has 1 unspecified atom stereocenters. The SMILES string of the molecule is CC(Cl)CCCNS(=O)(=O)c1ccc(Cl)c(Cl)c1. The van der Waals surface area contributed by atoms with Crippen LogP contribution in [0.25, 0.3) is 0 Å². The van der Waals surface area contributed by atoms with Crippen LogP contribution in [0.2, 0.25) is 10.0 Å². The van der Waals surface area contributed by atoms with Crippen molar-refractivity contribution in [1.82, 2.24) is 4.72 Å². The molecule has 3 nitrogen and oxygen atoms in total. The van der Waals surface area contributed by atoms with E-state index in [1.54, 1.807) is 0 Å². The molecule has 0 heterocycles. The average molecular weight is 331 g/mol. The molecule has 102 valence electrons. The first-order chi connectivity index (χ1) is 8.33. The van der Waals surface area contributed by atoms with Crippen molar-refractivity contribution in [3.05, 3.63) is 28.2 Å². The highest BCUT2D eigenvalue weighted by Crippen LogP contribution is 2.24. The lowest BCUT2D eigenvalue weighted by atomic mass is 10.2. The summed E-state index contributed by atoms with van der Waals surface area (Å²) in [5, 5.41) is 0.583. The van der Waals surface area contributed by atoms with Crippen LogP contribution in [0.3, 0.4) is 0 Å². The third-order valence-electron chi connectivity index (χ3n) is 2.27. The number of hydrogen-bond donors (Lipinski definition) is 1. The van der Waals surface area contributed by atoms with Crippen molar-refractivity contribution < 1.29 is 8.42 Å². The molecule has 0 saturated heterocycles. The molecular formula is C11H14Cl3NO2S. The molecule has 0 aliphatic heterocycles. The zero-order chi connectivity index (χ0) is 13.8. The van der Waals surface area contributed by atoms with Gasteiger partial charge in [0, 0.05) is 11.9 Å². The van der Waals surface area contributed by atoms with Crippen molar-refractivity contribution >= 4 is 44.8 Å². The summed E-state index contributed by atoms with van der Waals surface area (Å²) in [6.45, 7) is 2.22. The van der Waals surface area contributed by atoms with Gasteiger partial charge in [0.2, 0.25) is 10.0 Å². The quantitative estimate of drug-likeness (QED) is 0.639. The second-order valence-electron chi connectivity index (χ2n) is 3.90. The maximum Gasteiger partial charge on any atom is 0.240 e. The second-order valence-corrected chi connectivity index (χ2v) is 7.22. The van der Waals surface area contributed by atoms with Crippen LogP contribution in [-0.2, 0) is 10.0 Å². The Hall–Kier alpha value is -0.000000000000000111. The lowest BCUT2D eigenvalue weighted by Crippen LogP contribution is -2.25. The van der Waals surface area contributed by atoms with Crippen molar-refractivity contribution in [2.24, 2.45) is 0 Å². The van der Waals surface area contributed by atoms with Crippen LogP contribution >= 0.6 is 34.8 Å². The molecule has 18 heavy (non-hydrogen) atoms. The Balaban J connectivity index is 2.66. The van der Waals surface area contributed by atoms with Gasteiger partial charge in [-0.15, -0.1) is 11.6 Å². The van der Waals surface area contributed by atoms with E-state index in [-0.39, 0.29) is 15.3 Å². The summed E-state index contributed by atoms with van der Waals surface area (Å²) in [4.78, 5) is 0.107. The summed E-state index contributed by atoms with van der Waals surface area (Å²) in [7, 11) is -3.53. The molecule has 0 saturated carbocycles. The minimum Gasteiger partial charge on any atom is -0.211 e. The first kappa shape index (κ1) is 16.1. The Bertz CT molecular complexity index is 503. The van der Waals surface area contributed by atoms with Crippen molar-refractivity contribution in [3.63, 3.8) is 0 Å². The van der Waals surface area contributed by atoms with Gasteiger partial charge in [0.05, 0.1) is 14.9 Å². The van der Waals surface area contributed by atoms with E-state index >= 15 is 0 Å². The molecule has 0 amide bonds. The number of sulfonamides is 1. The van der Waals surface area contributed by atoms with Gasteiger partial charge in [0.15, 0.2) is 0 Å². The Labute approximate surface area is 122 Å². The molecular weight excluding hydrogens is 317 g/mol. The second kappa shape index (κ2) is 6.96. The monoisotopic (exact) mass is 329 g/mol. The zero-order valence-electron chi connectivity index (χ0n) is 9.79. The standard InChI is InChI=1S/C11H14Cl3NO2S/c1-8(12)3-2-6-15-18(16,17)9-4-5-10(13)11(14)7-9/h4-5,7-8,15H,2-3,6H2,1H3. The minimum atomic E-state index is -3.53. The zero-order valence-corrected chi connectivity index (χ0v) is 12.9. The number of alkyl halides is 1. The van der Waals surface area contributed by atoms with Gasteiger partial charge >= 0.3 is 0 Å². The third kappa shape index (κ3) is 4.94. The smallest absolute Gasteiger partial charge is 0.211 e. The van der Waals surface area contributed by atoms with E-state index in [4.69, 9.17) is 34.8 Å². The molecule has 1 atom stereocenters. The summed E-state index contributed by atoms with van der Waals surface area (Å²) < 4.78 is 26.3. The summed E-state index contributed by atoms with van der Waals surface area (Å²) in [5.74, 6) is 0. The molecule has 1 aromatic carbocycles. The summed E-state index contributed by atoms with van der Waals surface area (Å²) in [6, 6.07) is 4.20. The molecule has 0 fully saturated rings. The molecule has 1 rings (SSSR count). The fraction of sp³-hybridized carbons (Fsp3) is 0.455. The molecule has 0 spiro atoms. The Morgan fingerprint density at radius 3 is 2.50 bits per heavy atom. The topological polar surface area (TPSA) is 46.2 Å². The molecule has 1 N–H and O–H groups in total. The molecule has 1 aromatic rings. The van der Waals surface area contributed by atoms with Gasteiger partial charge in [0.1, 0.15) is 0 Å². The number of nitrogens with one attached hydrogen (secondary N) is 1. The van der Waals surface area contributed by atoms with E-state index in [1.165, 1.54) is 18.2 Å². The van der Waals surface area contributed by atoms with E-state index in [1.807, 2.05) is 6.92 Å². The van der Waals surface area contributed by atoms with Crippen LogP contribution in [0.1, 0.15) is 19.8 Å². The molecule has 0 bridgehead atoms. The van der Waals surface area contributed by atoms with Crippen molar-refractivity contribution in [2.75, 3.05) is 6.54 Å². The highest BCUT2D eigenvalue weighted by molar-refractivity contribution is 7.89. The van der Waals surface area contributed by atoms with Gasteiger partial charge < -0.3 is 0 Å². The molecule has 0 aliphatic carbocycles. The maximum atomic E-state index is 11.9. The van der Waals surface area contributed by atoms with Gasteiger partial charge in [-0.1, -0.05) is 23.2 Å². The lowest BCUT2D eigenvalue weighted by molar-refractivity contribution is 0.576. The number of rotatable bonds is 6. The van der Waals surface area contributed by atoms with Gasteiger partial charge in [0.25, 0.3) is 0 Å². The molecule has 0 radical (unpaired) electrons. The van der Waals surface area contributed by atoms with E-state index in [2.05, 4.69) is 4.72 Å². The van der Waals surface area contributed by atoms with Crippen LogP contribution in [0, 0.1) is 0 Å². The van der Waals surface area contributed by atoms with Gasteiger partial charge in [-0.2, -0.15) is 0 Å². The Morgan fingerprint density at radius 1 is 1.28 bits per heavy atom. The molecule has 7 heteroatoms. The van der Waals surface area contributed by atoms with Gasteiger partial charge in [-0.25, -0.2) is 13.1 Å². The highest BCUT2D eigenvalue weighted by atomic mass is 35.5. The molecule has 0 aromatic heterocycles. The largest absolute Gasteiger partial charge is 0.240 e. The van der Waals surface area contributed by atoms with Crippen molar-refractivity contribution in [2.45, 2.75) is 30.0 Å². The van der Waals surface area contributed by atoms with Crippen LogP contribution in [0.5, 0.6) is 0 Å².